The first-order chi connectivity index (χ1) is 16.6. The Labute approximate surface area is 200 Å². The van der Waals surface area contributed by atoms with Crippen LogP contribution in [0.2, 0.25) is 0 Å². The molecule has 2 aromatic rings. The van der Waals surface area contributed by atoms with E-state index in [1.54, 1.807) is 4.90 Å². The van der Waals surface area contributed by atoms with Crippen LogP contribution in [0.4, 0.5) is 11.4 Å². The fourth-order valence-corrected chi connectivity index (χ4v) is 4.82. The largest absolute Gasteiger partial charge is 0.485 e. The molecule has 5 rings (SSSR count). The second-order valence-corrected chi connectivity index (χ2v) is 9.21. The van der Waals surface area contributed by atoms with E-state index in [9.17, 15) is 9.59 Å². The van der Waals surface area contributed by atoms with E-state index >= 15 is 0 Å². The molecule has 0 aliphatic carbocycles. The lowest BCUT2D eigenvalue weighted by Gasteiger charge is -2.36. The maximum atomic E-state index is 12.9. The minimum Gasteiger partial charge on any atom is -0.485 e. The van der Waals surface area contributed by atoms with E-state index in [1.165, 1.54) is 18.5 Å². The minimum absolute atomic E-state index is 0.0302. The fourth-order valence-electron chi connectivity index (χ4n) is 4.82. The predicted octanol–water partition coefficient (Wildman–Crippen LogP) is 2.52. The van der Waals surface area contributed by atoms with Crippen LogP contribution in [0.1, 0.15) is 18.4 Å². The second kappa shape index (κ2) is 9.93. The van der Waals surface area contributed by atoms with Crippen LogP contribution in [0, 0.1) is 6.92 Å². The van der Waals surface area contributed by atoms with Crippen LogP contribution in [-0.2, 0) is 9.59 Å². The van der Waals surface area contributed by atoms with Crippen LogP contribution >= 0.6 is 0 Å². The summed E-state index contributed by atoms with van der Waals surface area (Å²) < 4.78 is 11.5. The molecule has 0 bridgehead atoms. The maximum Gasteiger partial charge on any atom is 0.267 e. The molecule has 2 aromatic carbocycles. The van der Waals surface area contributed by atoms with Gasteiger partial charge in [0.2, 0.25) is 12.0 Å². The molecule has 3 aliphatic rings. The van der Waals surface area contributed by atoms with Crippen molar-refractivity contribution in [3.05, 3.63) is 48.0 Å². The molecule has 3 heterocycles. The molecule has 8 heteroatoms. The van der Waals surface area contributed by atoms with Crippen LogP contribution in [-0.4, -0.2) is 80.1 Å². The topological polar surface area (TPSA) is 74.4 Å². The molecular formula is C26H32N4O4. The molecule has 1 unspecified atom stereocenters. The van der Waals surface area contributed by atoms with Crippen molar-refractivity contribution in [3.8, 4) is 11.5 Å². The maximum absolute atomic E-state index is 12.9. The average Bonchev–Trinajstić information content (AvgIpc) is 3.40. The SMILES string of the molecule is Cc1cc(N2CCCC2)ccc1NC(=O)CN1CCN(C(=O)C2COc3ccccc3O2)CC1. The van der Waals surface area contributed by atoms with E-state index in [-0.39, 0.29) is 18.4 Å². The lowest BCUT2D eigenvalue weighted by Crippen LogP contribution is -2.54. The van der Waals surface area contributed by atoms with Gasteiger partial charge in [-0.1, -0.05) is 12.1 Å². The summed E-state index contributed by atoms with van der Waals surface area (Å²) in [5.41, 5.74) is 3.16. The zero-order valence-corrected chi connectivity index (χ0v) is 19.7. The highest BCUT2D eigenvalue weighted by molar-refractivity contribution is 5.93. The van der Waals surface area contributed by atoms with Gasteiger partial charge in [-0.05, 0) is 55.7 Å². The number of hydrogen-bond acceptors (Lipinski definition) is 6. The number of carbonyl (C=O) groups excluding carboxylic acids is 2. The minimum atomic E-state index is -0.628. The fraction of sp³-hybridized carbons (Fsp3) is 0.462. The quantitative estimate of drug-likeness (QED) is 0.733. The van der Waals surface area contributed by atoms with Crippen molar-refractivity contribution >= 4 is 23.2 Å². The lowest BCUT2D eigenvalue weighted by atomic mass is 10.1. The number of para-hydroxylation sites is 2. The molecule has 3 aliphatic heterocycles. The smallest absolute Gasteiger partial charge is 0.267 e. The Morgan fingerprint density at radius 3 is 2.44 bits per heavy atom. The van der Waals surface area contributed by atoms with Gasteiger partial charge >= 0.3 is 0 Å². The van der Waals surface area contributed by atoms with Crippen molar-refractivity contribution in [3.63, 3.8) is 0 Å². The van der Waals surface area contributed by atoms with E-state index in [1.807, 2.05) is 37.3 Å². The molecule has 8 nitrogen and oxygen atoms in total. The second-order valence-electron chi connectivity index (χ2n) is 9.21. The molecular weight excluding hydrogens is 432 g/mol. The first-order valence-electron chi connectivity index (χ1n) is 12.1. The van der Waals surface area contributed by atoms with Gasteiger partial charge in [0.25, 0.3) is 5.91 Å². The third-order valence-corrected chi connectivity index (χ3v) is 6.79. The number of nitrogens with one attached hydrogen (secondary N) is 1. The average molecular weight is 465 g/mol. The summed E-state index contributed by atoms with van der Waals surface area (Å²) in [6.07, 6.45) is 1.86. The number of ether oxygens (including phenoxy) is 2. The zero-order chi connectivity index (χ0) is 23.5. The van der Waals surface area contributed by atoms with Gasteiger partial charge in [-0.2, -0.15) is 0 Å². The number of hydrogen-bond donors (Lipinski definition) is 1. The van der Waals surface area contributed by atoms with Gasteiger partial charge in [-0.25, -0.2) is 0 Å². The van der Waals surface area contributed by atoms with Crippen molar-refractivity contribution in [2.24, 2.45) is 0 Å². The van der Waals surface area contributed by atoms with Gasteiger partial charge in [0.05, 0.1) is 6.54 Å². The predicted molar refractivity (Wildman–Crippen MR) is 131 cm³/mol. The highest BCUT2D eigenvalue weighted by Gasteiger charge is 2.33. The summed E-state index contributed by atoms with van der Waals surface area (Å²) in [4.78, 5) is 31.9. The first-order valence-corrected chi connectivity index (χ1v) is 12.1. The summed E-state index contributed by atoms with van der Waals surface area (Å²) >= 11 is 0. The normalized spacial score (nSPS) is 20.3. The molecule has 180 valence electrons. The van der Waals surface area contributed by atoms with Crippen LogP contribution < -0.4 is 19.7 Å². The molecule has 2 amide bonds. The Morgan fingerprint density at radius 2 is 1.71 bits per heavy atom. The van der Waals surface area contributed by atoms with E-state index in [2.05, 4.69) is 27.2 Å². The molecule has 2 saturated heterocycles. The van der Waals surface area contributed by atoms with Crippen LogP contribution in [0.15, 0.2) is 42.5 Å². The van der Waals surface area contributed by atoms with Gasteiger partial charge in [0.15, 0.2) is 11.5 Å². The Morgan fingerprint density at radius 1 is 0.971 bits per heavy atom. The van der Waals surface area contributed by atoms with Crippen molar-refractivity contribution in [1.82, 2.24) is 9.80 Å². The number of piperazine rings is 1. The Bertz CT molecular complexity index is 1040. The van der Waals surface area contributed by atoms with Crippen LogP contribution in [0.5, 0.6) is 11.5 Å². The van der Waals surface area contributed by atoms with Crippen molar-refractivity contribution < 1.29 is 19.1 Å². The molecule has 2 fully saturated rings. The summed E-state index contributed by atoms with van der Waals surface area (Å²) in [7, 11) is 0. The highest BCUT2D eigenvalue weighted by Crippen LogP contribution is 2.31. The first kappa shape index (κ1) is 22.5. The zero-order valence-electron chi connectivity index (χ0n) is 19.7. The third kappa shape index (κ3) is 4.97. The van der Waals surface area contributed by atoms with Crippen molar-refractivity contribution in [2.45, 2.75) is 25.9 Å². The van der Waals surface area contributed by atoms with Gasteiger partial charge in [-0.15, -0.1) is 0 Å². The van der Waals surface area contributed by atoms with E-state index in [4.69, 9.17) is 9.47 Å². The summed E-state index contributed by atoms with van der Waals surface area (Å²) in [6.45, 7) is 7.20. The number of amides is 2. The van der Waals surface area contributed by atoms with E-state index in [0.717, 1.165) is 24.3 Å². The van der Waals surface area contributed by atoms with Crippen molar-refractivity contribution in [2.75, 3.05) is 62.6 Å². The van der Waals surface area contributed by atoms with Gasteiger partial charge in [0.1, 0.15) is 6.61 Å². The van der Waals surface area contributed by atoms with E-state index < -0.39 is 6.10 Å². The number of carbonyl (C=O) groups is 2. The van der Waals surface area contributed by atoms with Gasteiger partial charge < -0.3 is 24.6 Å². The highest BCUT2D eigenvalue weighted by atomic mass is 16.6. The Hall–Kier alpha value is -3.26. The summed E-state index contributed by atoms with van der Waals surface area (Å²) in [5, 5.41) is 3.05. The van der Waals surface area contributed by atoms with Gasteiger partial charge in [0, 0.05) is 50.6 Å². The summed E-state index contributed by atoms with van der Waals surface area (Å²) in [5.74, 6) is 1.18. The molecule has 0 radical (unpaired) electrons. The molecule has 0 saturated carbocycles. The number of nitrogens with zero attached hydrogens (tertiary/aromatic N) is 3. The van der Waals surface area contributed by atoms with Crippen LogP contribution in [0.25, 0.3) is 0 Å². The van der Waals surface area contributed by atoms with Gasteiger partial charge in [-0.3, -0.25) is 14.5 Å². The number of aryl methyl sites for hydroxylation is 1. The van der Waals surface area contributed by atoms with Crippen LogP contribution in [0.3, 0.4) is 0 Å². The standard InChI is InChI=1S/C26H32N4O4/c1-19-16-20(29-10-4-5-11-29)8-9-21(19)27-25(31)17-28-12-14-30(15-13-28)26(32)24-18-33-22-6-2-3-7-23(22)34-24/h2-3,6-9,16,24H,4-5,10-15,17-18H2,1H3,(H,27,31). The van der Waals surface area contributed by atoms with Crippen molar-refractivity contribution in [1.29, 1.82) is 0 Å². The molecule has 34 heavy (non-hydrogen) atoms. The molecule has 0 aromatic heterocycles. The third-order valence-electron chi connectivity index (χ3n) is 6.79. The number of benzene rings is 2. The number of rotatable bonds is 5. The molecule has 0 spiro atoms. The number of anilines is 2. The number of fused-ring (bicyclic) bond motifs is 1. The molecule has 1 atom stereocenters. The monoisotopic (exact) mass is 464 g/mol. The Balaban J connectivity index is 1.09. The Kier molecular flexibility index (Phi) is 6.58. The van der Waals surface area contributed by atoms with E-state index in [0.29, 0.717) is 44.2 Å². The lowest BCUT2D eigenvalue weighted by molar-refractivity contribution is -0.143. The summed E-state index contributed by atoms with van der Waals surface area (Å²) in [6, 6.07) is 13.6. The molecule has 1 N–H and O–H groups in total.